The maximum Gasteiger partial charge on any atom is 0.0349 e. The molecule has 0 radical (unpaired) electrons. The molecular weight excluding hydrogens is 308 g/mol. The predicted molar refractivity (Wildman–Crippen MR) is 109 cm³/mol. The molecule has 0 saturated carbocycles. The van der Waals surface area contributed by atoms with Gasteiger partial charge >= 0.3 is 0 Å². The standard InChI is InChI=1S/C23H16S/c1-2-3-15-4-5-16-14-22-17(13-18(16)12-15)6-7-19-20(22)8-9-23-21(19)10-11-24-23/h2-14H,1H3/b3-2+. The molecule has 0 unspecified atom stereocenters. The second-order valence-electron chi connectivity index (χ2n) is 6.24. The van der Waals surface area contributed by atoms with Crippen molar-refractivity contribution in [2.45, 2.75) is 6.92 Å². The van der Waals surface area contributed by atoms with Crippen LogP contribution in [0.4, 0.5) is 0 Å². The van der Waals surface area contributed by atoms with Crippen LogP contribution in [-0.4, -0.2) is 0 Å². The largest absolute Gasteiger partial charge is 0.144 e. The molecule has 0 spiro atoms. The van der Waals surface area contributed by atoms with Gasteiger partial charge in [0.15, 0.2) is 0 Å². The lowest BCUT2D eigenvalue weighted by molar-refractivity contribution is 1.70. The van der Waals surface area contributed by atoms with Gasteiger partial charge in [0.1, 0.15) is 0 Å². The van der Waals surface area contributed by atoms with Crippen molar-refractivity contribution >= 4 is 59.8 Å². The normalized spacial score (nSPS) is 12.2. The van der Waals surface area contributed by atoms with Crippen LogP contribution in [0.2, 0.25) is 0 Å². The molecule has 0 amide bonds. The third-order valence-electron chi connectivity index (χ3n) is 4.79. The van der Waals surface area contributed by atoms with Crippen molar-refractivity contribution in [3.63, 3.8) is 0 Å². The van der Waals surface area contributed by atoms with Crippen molar-refractivity contribution in [2.75, 3.05) is 0 Å². The molecule has 0 bridgehead atoms. The van der Waals surface area contributed by atoms with Crippen molar-refractivity contribution in [3.05, 3.63) is 77.7 Å². The summed E-state index contributed by atoms with van der Waals surface area (Å²) < 4.78 is 1.36. The molecule has 1 aromatic heterocycles. The van der Waals surface area contributed by atoms with Crippen LogP contribution in [-0.2, 0) is 0 Å². The molecule has 4 aromatic carbocycles. The van der Waals surface area contributed by atoms with Gasteiger partial charge in [-0.1, -0.05) is 42.5 Å². The molecule has 0 fully saturated rings. The van der Waals surface area contributed by atoms with E-state index in [1.165, 1.54) is 48.0 Å². The zero-order valence-electron chi connectivity index (χ0n) is 13.4. The Balaban J connectivity index is 1.89. The van der Waals surface area contributed by atoms with Gasteiger partial charge in [0, 0.05) is 10.1 Å². The van der Waals surface area contributed by atoms with Gasteiger partial charge in [0.05, 0.1) is 0 Å². The second kappa shape index (κ2) is 5.19. The number of hydrogen-bond donors (Lipinski definition) is 0. The Bertz CT molecular complexity index is 1250. The first-order valence-corrected chi connectivity index (χ1v) is 9.10. The average molecular weight is 324 g/mol. The third-order valence-corrected chi connectivity index (χ3v) is 5.67. The number of fused-ring (bicyclic) bond motifs is 6. The third kappa shape index (κ3) is 1.98. The summed E-state index contributed by atoms with van der Waals surface area (Å²) >= 11 is 1.81. The molecule has 24 heavy (non-hydrogen) atoms. The zero-order valence-corrected chi connectivity index (χ0v) is 14.2. The van der Waals surface area contributed by atoms with Gasteiger partial charge in [-0.05, 0) is 80.5 Å². The van der Waals surface area contributed by atoms with E-state index in [0.717, 1.165) is 0 Å². The van der Waals surface area contributed by atoms with E-state index in [1.54, 1.807) is 0 Å². The van der Waals surface area contributed by atoms with Crippen LogP contribution in [0.25, 0.3) is 48.5 Å². The lowest BCUT2D eigenvalue weighted by Gasteiger charge is -2.08. The highest BCUT2D eigenvalue weighted by Gasteiger charge is 2.07. The molecule has 0 aliphatic carbocycles. The fourth-order valence-corrected chi connectivity index (χ4v) is 4.46. The highest BCUT2D eigenvalue weighted by atomic mass is 32.1. The summed E-state index contributed by atoms with van der Waals surface area (Å²) in [5, 5.41) is 11.5. The summed E-state index contributed by atoms with van der Waals surface area (Å²) in [5.74, 6) is 0. The SMILES string of the molecule is C/C=C/c1ccc2cc3c(ccc4c5ccsc5ccc34)cc2c1. The topological polar surface area (TPSA) is 0 Å². The minimum atomic E-state index is 1.25. The van der Waals surface area contributed by atoms with Gasteiger partial charge in [-0.3, -0.25) is 0 Å². The Hall–Kier alpha value is -2.64. The number of thiophene rings is 1. The van der Waals surface area contributed by atoms with Crippen molar-refractivity contribution in [1.82, 2.24) is 0 Å². The summed E-state index contributed by atoms with van der Waals surface area (Å²) in [7, 11) is 0. The Morgan fingerprint density at radius 1 is 0.667 bits per heavy atom. The van der Waals surface area contributed by atoms with E-state index in [1.807, 2.05) is 11.3 Å². The summed E-state index contributed by atoms with van der Waals surface area (Å²) in [6.07, 6.45) is 4.24. The maximum absolute atomic E-state index is 2.34. The summed E-state index contributed by atoms with van der Waals surface area (Å²) in [6.45, 7) is 2.06. The number of allylic oxidation sites excluding steroid dienone is 1. The first-order valence-electron chi connectivity index (χ1n) is 8.23. The van der Waals surface area contributed by atoms with E-state index in [-0.39, 0.29) is 0 Å². The minimum Gasteiger partial charge on any atom is -0.144 e. The van der Waals surface area contributed by atoms with Gasteiger partial charge in [0.2, 0.25) is 0 Å². The molecule has 5 rings (SSSR count). The van der Waals surface area contributed by atoms with Crippen LogP contribution >= 0.6 is 11.3 Å². The van der Waals surface area contributed by atoms with Gasteiger partial charge in [-0.25, -0.2) is 0 Å². The molecular formula is C23H16S. The van der Waals surface area contributed by atoms with Crippen LogP contribution in [0.5, 0.6) is 0 Å². The Morgan fingerprint density at radius 3 is 2.42 bits per heavy atom. The monoisotopic (exact) mass is 324 g/mol. The van der Waals surface area contributed by atoms with E-state index in [9.17, 15) is 0 Å². The van der Waals surface area contributed by atoms with Gasteiger partial charge in [-0.15, -0.1) is 11.3 Å². The minimum absolute atomic E-state index is 1.25. The van der Waals surface area contributed by atoms with Crippen molar-refractivity contribution in [3.8, 4) is 0 Å². The van der Waals surface area contributed by atoms with E-state index in [4.69, 9.17) is 0 Å². The number of rotatable bonds is 1. The van der Waals surface area contributed by atoms with Gasteiger partial charge in [0.25, 0.3) is 0 Å². The van der Waals surface area contributed by atoms with Crippen molar-refractivity contribution < 1.29 is 0 Å². The first-order chi connectivity index (χ1) is 11.8. The zero-order chi connectivity index (χ0) is 16.1. The average Bonchev–Trinajstić information content (AvgIpc) is 3.09. The molecule has 1 heteroatoms. The molecule has 114 valence electrons. The fraction of sp³-hybridized carbons (Fsp3) is 0.0435. The fourth-order valence-electron chi connectivity index (χ4n) is 3.66. The quantitative estimate of drug-likeness (QED) is 0.223. The molecule has 0 saturated heterocycles. The van der Waals surface area contributed by atoms with Crippen molar-refractivity contribution in [2.24, 2.45) is 0 Å². The number of hydrogen-bond acceptors (Lipinski definition) is 1. The highest BCUT2D eigenvalue weighted by Crippen LogP contribution is 2.35. The van der Waals surface area contributed by atoms with Crippen LogP contribution in [0.15, 0.2) is 72.1 Å². The molecule has 0 nitrogen and oxygen atoms in total. The maximum atomic E-state index is 2.34. The molecule has 0 N–H and O–H groups in total. The molecule has 0 aliphatic heterocycles. The lowest BCUT2D eigenvalue weighted by Crippen LogP contribution is -1.81. The summed E-state index contributed by atoms with van der Waals surface area (Å²) in [5.41, 5.74) is 1.25. The van der Waals surface area contributed by atoms with E-state index in [0.29, 0.717) is 0 Å². The summed E-state index contributed by atoms with van der Waals surface area (Å²) in [6, 6.07) is 22.6. The van der Waals surface area contributed by atoms with Crippen LogP contribution in [0.3, 0.4) is 0 Å². The van der Waals surface area contributed by atoms with Gasteiger partial charge in [-0.2, -0.15) is 0 Å². The smallest absolute Gasteiger partial charge is 0.0349 e. The van der Waals surface area contributed by atoms with E-state index >= 15 is 0 Å². The first kappa shape index (κ1) is 13.8. The Morgan fingerprint density at radius 2 is 1.50 bits per heavy atom. The highest BCUT2D eigenvalue weighted by molar-refractivity contribution is 7.17. The van der Waals surface area contributed by atoms with E-state index < -0.39 is 0 Å². The Labute approximate surface area is 144 Å². The van der Waals surface area contributed by atoms with Crippen LogP contribution in [0, 0.1) is 0 Å². The molecule has 0 aliphatic rings. The molecule has 0 atom stereocenters. The Kier molecular flexibility index (Phi) is 2.97. The number of benzene rings is 4. The van der Waals surface area contributed by atoms with Gasteiger partial charge < -0.3 is 0 Å². The van der Waals surface area contributed by atoms with Crippen molar-refractivity contribution in [1.29, 1.82) is 0 Å². The van der Waals surface area contributed by atoms with Crippen LogP contribution < -0.4 is 0 Å². The second-order valence-corrected chi connectivity index (χ2v) is 7.19. The molecule has 1 heterocycles. The lowest BCUT2D eigenvalue weighted by atomic mass is 9.96. The van der Waals surface area contributed by atoms with E-state index in [2.05, 4.69) is 85.1 Å². The summed E-state index contributed by atoms with van der Waals surface area (Å²) in [4.78, 5) is 0. The predicted octanol–water partition coefficient (Wildman–Crippen LogP) is 7.39. The van der Waals surface area contributed by atoms with Crippen LogP contribution in [0.1, 0.15) is 12.5 Å². The molecule has 5 aromatic rings.